The van der Waals surface area contributed by atoms with Gasteiger partial charge in [0.05, 0.1) is 12.6 Å². The second kappa shape index (κ2) is 8.25. The van der Waals surface area contributed by atoms with Crippen LogP contribution in [0, 0.1) is 5.82 Å². The minimum atomic E-state index is -0.271. The number of rotatable bonds is 7. The van der Waals surface area contributed by atoms with Crippen LogP contribution in [0.2, 0.25) is 0 Å². The zero-order chi connectivity index (χ0) is 16.7. The zero-order valence-corrected chi connectivity index (χ0v) is 13.2. The normalized spacial score (nSPS) is 12.0. The molecule has 0 fully saturated rings. The third-order valence-electron chi connectivity index (χ3n) is 3.58. The van der Waals surface area contributed by atoms with E-state index < -0.39 is 0 Å². The Morgan fingerprint density at radius 1 is 1.17 bits per heavy atom. The van der Waals surface area contributed by atoms with Gasteiger partial charge in [-0.15, -0.1) is 6.58 Å². The Kier molecular flexibility index (Phi) is 6.06. The Morgan fingerprint density at radius 2 is 1.78 bits per heavy atom. The monoisotopic (exact) mass is 312 g/mol. The lowest BCUT2D eigenvalue weighted by Crippen LogP contribution is -2.37. The molecule has 0 saturated heterocycles. The molecule has 1 N–H and O–H groups in total. The Balaban J connectivity index is 2.24. The van der Waals surface area contributed by atoms with Crippen LogP contribution in [0.4, 0.5) is 4.39 Å². The van der Waals surface area contributed by atoms with Gasteiger partial charge in [-0.3, -0.25) is 9.69 Å². The fourth-order valence-electron chi connectivity index (χ4n) is 2.54. The van der Waals surface area contributed by atoms with E-state index in [4.69, 9.17) is 0 Å². The van der Waals surface area contributed by atoms with E-state index in [0.29, 0.717) is 6.54 Å². The van der Waals surface area contributed by atoms with Crippen molar-refractivity contribution in [2.24, 2.45) is 0 Å². The summed E-state index contributed by atoms with van der Waals surface area (Å²) in [6.45, 7) is 4.27. The van der Waals surface area contributed by atoms with E-state index in [1.165, 1.54) is 12.1 Å². The summed E-state index contributed by atoms with van der Waals surface area (Å²) in [6.07, 6.45) is 1.65. The minimum absolute atomic E-state index is 0.0737. The molecule has 3 nitrogen and oxygen atoms in total. The molecule has 0 spiro atoms. The number of carbonyl (C=O) groups is 1. The van der Waals surface area contributed by atoms with Gasteiger partial charge >= 0.3 is 0 Å². The first-order valence-corrected chi connectivity index (χ1v) is 7.50. The molecule has 2 rings (SSSR count). The Bertz CT molecular complexity index is 640. The largest absolute Gasteiger partial charge is 0.352 e. The van der Waals surface area contributed by atoms with Crippen molar-refractivity contribution in [1.29, 1.82) is 0 Å². The van der Waals surface area contributed by atoms with Gasteiger partial charge in [0, 0.05) is 6.54 Å². The van der Waals surface area contributed by atoms with Gasteiger partial charge in [0.1, 0.15) is 5.82 Å². The predicted molar refractivity (Wildman–Crippen MR) is 90.5 cm³/mol. The number of nitrogens with one attached hydrogen (secondary N) is 1. The molecule has 2 aromatic carbocycles. The van der Waals surface area contributed by atoms with E-state index >= 15 is 0 Å². The molecule has 1 amide bonds. The van der Waals surface area contributed by atoms with Gasteiger partial charge in [-0.2, -0.15) is 0 Å². The van der Waals surface area contributed by atoms with Gasteiger partial charge in [0.25, 0.3) is 0 Å². The fraction of sp³-hybridized carbons (Fsp3) is 0.211. The second-order valence-corrected chi connectivity index (χ2v) is 5.37. The first kappa shape index (κ1) is 16.9. The lowest BCUT2D eigenvalue weighted by Gasteiger charge is -2.28. The summed E-state index contributed by atoms with van der Waals surface area (Å²) in [5.41, 5.74) is 2.00. The van der Waals surface area contributed by atoms with Crippen LogP contribution in [0.5, 0.6) is 0 Å². The highest BCUT2D eigenvalue weighted by Crippen LogP contribution is 2.27. The van der Waals surface area contributed by atoms with E-state index in [1.54, 1.807) is 18.2 Å². The summed E-state index contributed by atoms with van der Waals surface area (Å²) >= 11 is 0. The number of amides is 1. The van der Waals surface area contributed by atoms with E-state index in [0.717, 1.165) is 11.1 Å². The molecule has 0 bridgehead atoms. The third-order valence-corrected chi connectivity index (χ3v) is 3.58. The number of halogens is 1. The van der Waals surface area contributed by atoms with Crippen LogP contribution in [0.3, 0.4) is 0 Å². The summed E-state index contributed by atoms with van der Waals surface area (Å²) in [7, 11) is 1.88. The van der Waals surface area contributed by atoms with Gasteiger partial charge in [0.15, 0.2) is 0 Å². The SMILES string of the molecule is C=CCNC(=O)CN(C)C(c1ccccc1)c1ccc(F)cc1. The lowest BCUT2D eigenvalue weighted by atomic mass is 9.97. The van der Waals surface area contributed by atoms with E-state index in [-0.39, 0.29) is 24.3 Å². The molecule has 0 aromatic heterocycles. The molecule has 0 heterocycles. The van der Waals surface area contributed by atoms with Crippen LogP contribution in [-0.4, -0.2) is 30.9 Å². The molecular weight excluding hydrogens is 291 g/mol. The van der Waals surface area contributed by atoms with Crippen molar-refractivity contribution in [1.82, 2.24) is 10.2 Å². The number of hydrogen-bond donors (Lipinski definition) is 1. The Morgan fingerprint density at radius 3 is 2.39 bits per heavy atom. The maximum Gasteiger partial charge on any atom is 0.234 e. The van der Waals surface area contributed by atoms with Gasteiger partial charge in [-0.05, 0) is 30.3 Å². The standard InChI is InChI=1S/C19H21FN2O/c1-3-13-21-18(23)14-22(2)19(15-7-5-4-6-8-15)16-9-11-17(20)12-10-16/h3-12,19H,1,13-14H2,2H3,(H,21,23). The van der Waals surface area contributed by atoms with Crippen LogP contribution in [-0.2, 0) is 4.79 Å². The van der Waals surface area contributed by atoms with Crippen molar-refractivity contribution in [3.63, 3.8) is 0 Å². The summed E-state index contributed by atoms with van der Waals surface area (Å²) in [5, 5.41) is 2.77. The van der Waals surface area contributed by atoms with Crippen molar-refractivity contribution < 1.29 is 9.18 Å². The number of likely N-dealkylation sites (N-methyl/N-ethyl adjacent to an activating group) is 1. The molecule has 2 aromatic rings. The first-order valence-electron chi connectivity index (χ1n) is 7.50. The van der Waals surface area contributed by atoms with Gasteiger partial charge < -0.3 is 5.32 Å². The number of hydrogen-bond acceptors (Lipinski definition) is 2. The van der Waals surface area contributed by atoms with E-state index in [1.807, 2.05) is 42.3 Å². The number of nitrogens with zero attached hydrogens (tertiary/aromatic N) is 1. The molecule has 1 unspecified atom stereocenters. The lowest BCUT2D eigenvalue weighted by molar-refractivity contribution is -0.122. The Hall–Kier alpha value is -2.46. The molecule has 0 aliphatic carbocycles. The van der Waals surface area contributed by atoms with Gasteiger partial charge in [-0.25, -0.2) is 4.39 Å². The van der Waals surface area contributed by atoms with Crippen LogP contribution < -0.4 is 5.32 Å². The molecule has 0 aliphatic heterocycles. The van der Waals surface area contributed by atoms with Crippen LogP contribution in [0.25, 0.3) is 0 Å². The maximum absolute atomic E-state index is 13.2. The van der Waals surface area contributed by atoms with E-state index in [2.05, 4.69) is 11.9 Å². The van der Waals surface area contributed by atoms with Crippen LogP contribution >= 0.6 is 0 Å². The number of carbonyl (C=O) groups excluding carboxylic acids is 1. The highest BCUT2D eigenvalue weighted by atomic mass is 19.1. The smallest absolute Gasteiger partial charge is 0.234 e. The summed E-state index contributed by atoms with van der Waals surface area (Å²) in [6, 6.07) is 16.1. The van der Waals surface area contributed by atoms with Gasteiger partial charge in [-0.1, -0.05) is 48.5 Å². The Labute approximate surface area is 136 Å². The van der Waals surface area contributed by atoms with E-state index in [9.17, 15) is 9.18 Å². The predicted octanol–water partition coefficient (Wildman–Crippen LogP) is 3.15. The van der Waals surface area contributed by atoms with Crippen molar-refractivity contribution in [3.05, 3.63) is 84.2 Å². The molecule has 120 valence electrons. The van der Waals surface area contributed by atoms with Crippen LogP contribution in [0.15, 0.2) is 67.3 Å². The van der Waals surface area contributed by atoms with Crippen molar-refractivity contribution in [2.45, 2.75) is 6.04 Å². The van der Waals surface area contributed by atoms with Crippen LogP contribution in [0.1, 0.15) is 17.2 Å². The highest BCUT2D eigenvalue weighted by Gasteiger charge is 2.21. The summed E-state index contributed by atoms with van der Waals surface area (Å²) < 4.78 is 13.2. The molecule has 4 heteroatoms. The van der Waals surface area contributed by atoms with Crippen molar-refractivity contribution >= 4 is 5.91 Å². The summed E-state index contributed by atoms with van der Waals surface area (Å²) in [5.74, 6) is -0.345. The molecule has 0 saturated carbocycles. The molecule has 1 atom stereocenters. The minimum Gasteiger partial charge on any atom is -0.352 e. The second-order valence-electron chi connectivity index (χ2n) is 5.37. The average Bonchev–Trinajstić information content (AvgIpc) is 2.56. The number of benzene rings is 2. The fourth-order valence-corrected chi connectivity index (χ4v) is 2.54. The molecule has 23 heavy (non-hydrogen) atoms. The topological polar surface area (TPSA) is 32.3 Å². The van der Waals surface area contributed by atoms with Gasteiger partial charge in [0.2, 0.25) is 5.91 Å². The maximum atomic E-state index is 13.2. The zero-order valence-electron chi connectivity index (χ0n) is 13.2. The first-order chi connectivity index (χ1) is 11.1. The molecular formula is C19H21FN2O. The molecule has 0 radical (unpaired) electrons. The summed E-state index contributed by atoms with van der Waals surface area (Å²) in [4.78, 5) is 13.9. The quantitative estimate of drug-likeness (QED) is 0.797. The molecule has 0 aliphatic rings. The third kappa shape index (κ3) is 4.76. The average molecular weight is 312 g/mol. The van der Waals surface area contributed by atoms with Crippen molar-refractivity contribution in [2.75, 3.05) is 20.1 Å². The van der Waals surface area contributed by atoms with Crippen molar-refractivity contribution in [3.8, 4) is 0 Å². The highest BCUT2D eigenvalue weighted by molar-refractivity contribution is 5.78.